The van der Waals surface area contributed by atoms with E-state index in [1.54, 1.807) is 20.8 Å². The zero-order valence-electron chi connectivity index (χ0n) is 21.5. The van der Waals surface area contributed by atoms with Gasteiger partial charge in [-0.1, -0.05) is 0 Å². The molecule has 0 spiro atoms. The number of carbonyl (C=O) groups excluding carboxylic acids is 4. The van der Waals surface area contributed by atoms with Gasteiger partial charge >= 0.3 is 24.0 Å². The van der Waals surface area contributed by atoms with Gasteiger partial charge in [-0.2, -0.15) is 0 Å². The van der Waals surface area contributed by atoms with Crippen molar-refractivity contribution in [2.75, 3.05) is 19.8 Å². The monoisotopic (exact) mass is 503 g/mol. The van der Waals surface area contributed by atoms with Gasteiger partial charge in [0.2, 0.25) is 0 Å². The highest BCUT2D eigenvalue weighted by Gasteiger charge is 2.39. The normalized spacial score (nSPS) is 10.7. The number of rotatable bonds is 16. The summed E-state index contributed by atoms with van der Waals surface area (Å²) in [6.45, 7) is 3.65. The minimum Gasteiger partial charge on any atom is -0.463 e. The quantitative estimate of drug-likeness (QED) is 0.148. The zero-order valence-corrected chi connectivity index (χ0v) is 21.5. The van der Waals surface area contributed by atoms with Crippen molar-refractivity contribution in [2.45, 2.75) is 89.7 Å². The van der Waals surface area contributed by atoms with E-state index in [2.05, 4.69) is 23.1 Å². The van der Waals surface area contributed by atoms with Crippen LogP contribution < -0.4 is 5.32 Å². The molecule has 0 aliphatic rings. The lowest BCUT2D eigenvalue weighted by Crippen LogP contribution is -2.60. The van der Waals surface area contributed by atoms with Crippen LogP contribution in [0, 0.1) is 37.0 Å². The number of ether oxygens (including phenoxy) is 4. The maximum atomic E-state index is 12.6. The second-order valence-corrected chi connectivity index (χ2v) is 9.06. The van der Waals surface area contributed by atoms with Crippen LogP contribution in [0.25, 0.3) is 0 Å². The fraction of sp³-hybridized carbons (Fsp3) is 0.630. The summed E-state index contributed by atoms with van der Waals surface area (Å²) in [5.41, 5.74) is -2.45. The van der Waals surface area contributed by atoms with Gasteiger partial charge in [-0.25, -0.2) is 4.79 Å². The molecule has 0 heterocycles. The van der Waals surface area contributed by atoms with Crippen LogP contribution in [0.2, 0.25) is 0 Å². The lowest BCUT2D eigenvalue weighted by Gasteiger charge is -2.34. The van der Waals surface area contributed by atoms with Gasteiger partial charge in [0.05, 0.1) is 0 Å². The second-order valence-electron chi connectivity index (χ2n) is 9.06. The maximum absolute atomic E-state index is 12.6. The molecule has 1 amide bonds. The Hall–Kier alpha value is -3.64. The average molecular weight is 504 g/mol. The van der Waals surface area contributed by atoms with Crippen LogP contribution in [0.4, 0.5) is 4.79 Å². The van der Waals surface area contributed by atoms with Crippen molar-refractivity contribution in [2.24, 2.45) is 0 Å². The second kappa shape index (κ2) is 17.7. The molecule has 0 unspecified atom stereocenters. The van der Waals surface area contributed by atoms with E-state index >= 15 is 0 Å². The predicted molar refractivity (Wildman–Crippen MR) is 133 cm³/mol. The number of unbranched alkanes of at least 4 members (excludes halogenated alkanes) is 3. The molecule has 0 rings (SSSR count). The zero-order chi connectivity index (χ0) is 27.5. The minimum atomic E-state index is -1.60. The van der Waals surface area contributed by atoms with Crippen molar-refractivity contribution in [1.29, 1.82) is 0 Å². The van der Waals surface area contributed by atoms with E-state index in [1.165, 1.54) is 0 Å². The molecule has 0 aliphatic heterocycles. The highest BCUT2D eigenvalue weighted by molar-refractivity contribution is 5.72. The first-order chi connectivity index (χ1) is 17.0. The van der Waals surface area contributed by atoms with Crippen LogP contribution >= 0.6 is 0 Å². The summed E-state index contributed by atoms with van der Waals surface area (Å²) in [4.78, 5) is 49.3. The van der Waals surface area contributed by atoms with Crippen LogP contribution in [0.5, 0.6) is 0 Å². The molecule has 0 fully saturated rings. The molecular formula is C27H37NO8. The fourth-order valence-corrected chi connectivity index (χ4v) is 2.63. The Labute approximate surface area is 214 Å². The lowest BCUT2D eigenvalue weighted by atomic mass is 10.0. The number of hydrogen-bond donors (Lipinski definition) is 1. The Morgan fingerprint density at radius 2 is 1.00 bits per heavy atom. The van der Waals surface area contributed by atoms with Gasteiger partial charge in [-0.05, 0) is 40.0 Å². The van der Waals surface area contributed by atoms with Crippen molar-refractivity contribution in [1.82, 2.24) is 5.32 Å². The summed E-state index contributed by atoms with van der Waals surface area (Å²) < 4.78 is 21.3. The summed E-state index contributed by atoms with van der Waals surface area (Å²) in [6, 6.07) is 0. The van der Waals surface area contributed by atoms with E-state index in [-0.39, 0.29) is 19.3 Å². The number of esters is 3. The molecular weight excluding hydrogens is 466 g/mol. The molecule has 0 aromatic carbocycles. The van der Waals surface area contributed by atoms with Crippen LogP contribution in [0.15, 0.2) is 0 Å². The SMILES string of the molecule is C#CCCCC(=O)OCC(COC(=O)CCCC#C)(COC(=O)CCCC#C)NC(=O)OC(C)(C)C. The molecule has 0 radical (unpaired) electrons. The van der Waals surface area contributed by atoms with Gasteiger partial charge in [0, 0.05) is 38.5 Å². The van der Waals surface area contributed by atoms with E-state index in [0.717, 1.165) is 0 Å². The number of terminal acetylenes is 3. The molecule has 0 atom stereocenters. The summed E-state index contributed by atoms with van der Waals surface area (Å²) in [6.07, 6.45) is 17.3. The Balaban J connectivity index is 5.66. The number of hydrogen-bond acceptors (Lipinski definition) is 8. The maximum Gasteiger partial charge on any atom is 0.408 e. The van der Waals surface area contributed by atoms with Crippen LogP contribution in [-0.2, 0) is 33.3 Å². The lowest BCUT2D eigenvalue weighted by molar-refractivity contribution is -0.157. The summed E-state index contributed by atoms with van der Waals surface area (Å²) >= 11 is 0. The van der Waals surface area contributed by atoms with Gasteiger partial charge in [0.25, 0.3) is 0 Å². The average Bonchev–Trinajstić information content (AvgIpc) is 2.79. The first-order valence-electron chi connectivity index (χ1n) is 11.8. The molecule has 9 heteroatoms. The standard InChI is InChI=1S/C27H37NO8/c1-7-10-13-16-22(29)33-19-27(28-25(32)36-26(4,5)6,20-34-23(30)17-14-11-8-2)21-35-24(31)18-15-12-9-3/h1-3H,10-21H2,4-6H3,(H,28,32). The Morgan fingerprint density at radius 3 is 1.28 bits per heavy atom. The Kier molecular flexibility index (Phi) is 16.0. The molecule has 9 nitrogen and oxygen atoms in total. The number of carbonyl (C=O) groups is 4. The molecule has 0 aliphatic carbocycles. The largest absolute Gasteiger partial charge is 0.463 e. The number of nitrogens with one attached hydrogen (secondary N) is 1. The third-order valence-corrected chi connectivity index (χ3v) is 4.40. The third-order valence-electron chi connectivity index (χ3n) is 4.40. The molecule has 198 valence electrons. The highest BCUT2D eigenvalue weighted by atomic mass is 16.6. The summed E-state index contributed by atoms with van der Waals surface area (Å²) in [5, 5.41) is 2.57. The van der Waals surface area contributed by atoms with E-state index in [1.807, 2.05) is 0 Å². The first-order valence-corrected chi connectivity index (χ1v) is 11.8. The topological polar surface area (TPSA) is 117 Å². The van der Waals surface area contributed by atoms with Crippen LogP contribution in [0.3, 0.4) is 0 Å². The van der Waals surface area contributed by atoms with Crippen molar-refractivity contribution < 1.29 is 38.1 Å². The first kappa shape index (κ1) is 32.4. The Morgan fingerprint density at radius 1 is 0.667 bits per heavy atom. The minimum absolute atomic E-state index is 0.0461. The molecule has 0 saturated carbocycles. The molecule has 0 saturated heterocycles. The van der Waals surface area contributed by atoms with Gasteiger partial charge < -0.3 is 24.3 Å². The van der Waals surface area contributed by atoms with E-state index in [9.17, 15) is 19.2 Å². The fourth-order valence-electron chi connectivity index (χ4n) is 2.63. The van der Waals surface area contributed by atoms with E-state index < -0.39 is 55.0 Å². The van der Waals surface area contributed by atoms with Gasteiger partial charge in [-0.15, -0.1) is 37.0 Å². The summed E-state index contributed by atoms with van der Waals surface area (Å²) in [7, 11) is 0. The number of alkyl carbamates (subject to hydrolysis) is 1. The van der Waals surface area contributed by atoms with Crippen molar-refractivity contribution in [3.8, 4) is 37.0 Å². The highest BCUT2D eigenvalue weighted by Crippen LogP contribution is 2.15. The smallest absolute Gasteiger partial charge is 0.408 e. The van der Waals surface area contributed by atoms with Crippen molar-refractivity contribution in [3.05, 3.63) is 0 Å². The molecule has 0 bridgehead atoms. The molecule has 1 N–H and O–H groups in total. The number of amides is 1. The van der Waals surface area contributed by atoms with Crippen LogP contribution in [-0.4, -0.2) is 55.0 Å². The van der Waals surface area contributed by atoms with Crippen molar-refractivity contribution >= 4 is 24.0 Å². The third kappa shape index (κ3) is 16.9. The molecule has 0 aromatic heterocycles. The molecule has 36 heavy (non-hydrogen) atoms. The van der Waals surface area contributed by atoms with Crippen molar-refractivity contribution in [3.63, 3.8) is 0 Å². The Bertz CT molecular complexity index is 763. The van der Waals surface area contributed by atoms with Gasteiger partial charge in [0.1, 0.15) is 31.0 Å². The molecule has 0 aromatic rings. The van der Waals surface area contributed by atoms with E-state index in [4.69, 9.17) is 38.2 Å². The predicted octanol–water partition coefficient (Wildman–Crippen LogP) is 3.29. The van der Waals surface area contributed by atoms with Crippen LogP contribution in [0.1, 0.15) is 78.6 Å². The van der Waals surface area contributed by atoms with E-state index in [0.29, 0.717) is 38.5 Å². The summed E-state index contributed by atoms with van der Waals surface area (Å²) in [5.74, 6) is 5.54. The van der Waals surface area contributed by atoms with Gasteiger partial charge in [-0.3, -0.25) is 14.4 Å². The van der Waals surface area contributed by atoms with Gasteiger partial charge in [0.15, 0.2) is 0 Å².